The van der Waals surface area contributed by atoms with Gasteiger partial charge in [0.2, 0.25) is 5.91 Å². The van der Waals surface area contributed by atoms with Gasteiger partial charge in [0.1, 0.15) is 12.6 Å². The molecule has 0 aliphatic carbocycles. The first-order valence-corrected chi connectivity index (χ1v) is 7.19. The van der Waals surface area contributed by atoms with Crippen molar-refractivity contribution >= 4 is 11.9 Å². The van der Waals surface area contributed by atoms with Gasteiger partial charge in [0.25, 0.3) is 5.56 Å². The number of amides is 1. The van der Waals surface area contributed by atoms with Crippen molar-refractivity contribution < 1.29 is 27.5 Å². The lowest BCUT2D eigenvalue weighted by Crippen LogP contribution is -2.44. The van der Waals surface area contributed by atoms with Crippen LogP contribution < -0.4 is 10.9 Å². The number of ether oxygens (including phenoxy) is 1. The third-order valence-corrected chi connectivity index (χ3v) is 3.15. The summed E-state index contributed by atoms with van der Waals surface area (Å²) in [5, 5.41) is 2.38. The van der Waals surface area contributed by atoms with E-state index < -0.39 is 41.8 Å². The van der Waals surface area contributed by atoms with Crippen molar-refractivity contribution in [1.82, 2.24) is 9.88 Å². The van der Waals surface area contributed by atoms with E-state index in [-0.39, 0.29) is 5.92 Å². The molecule has 0 radical (unpaired) electrons. The number of esters is 1. The zero-order valence-electron chi connectivity index (χ0n) is 13.5. The molecule has 0 saturated carbocycles. The molecule has 1 rings (SSSR count). The van der Waals surface area contributed by atoms with E-state index in [2.05, 4.69) is 10.1 Å². The van der Waals surface area contributed by atoms with Crippen LogP contribution in [0.5, 0.6) is 0 Å². The van der Waals surface area contributed by atoms with Crippen LogP contribution >= 0.6 is 0 Å². The van der Waals surface area contributed by atoms with Crippen LogP contribution in [0.1, 0.15) is 25.8 Å². The minimum atomic E-state index is -4.63. The Hall–Kier alpha value is -2.32. The summed E-state index contributed by atoms with van der Waals surface area (Å²) in [7, 11) is 1.17. The smallest absolute Gasteiger partial charge is 0.417 e. The summed E-state index contributed by atoms with van der Waals surface area (Å²) in [6, 6.07) is 0.457. The number of methoxy groups -OCH3 is 1. The van der Waals surface area contributed by atoms with Crippen LogP contribution in [-0.4, -0.2) is 29.6 Å². The Morgan fingerprint density at radius 3 is 2.42 bits per heavy atom. The highest BCUT2D eigenvalue weighted by atomic mass is 19.4. The van der Waals surface area contributed by atoms with Gasteiger partial charge in [-0.15, -0.1) is 0 Å². The van der Waals surface area contributed by atoms with Gasteiger partial charge in [-0.25, -0.2) is 4.79 Å². The van der Waals surface area contributed by atoms with E-state index in [1.54, 1.807) is 0 Å². The molecular weight excluding hydrogens is 329 g/mol. The van der Waals surface area contributed by atoms with E-state index in [4.69, 9.17) is 0 Å². The van der Waals surface area contributed by atoms with Crippen molar-refractivity contribution in [1.29, 1.82) is 0 Å². The molecule has 6 nitrogen and oxygen atoms in total. The van der Waals surface area contributed by atoms with Gasteiger partial charge in [-0.05, 0) is 18.4 Å². The Morgan fingerprint density at radius 2 is 1.92 bits per heavy atom. The molecule has 1 aromatic heterocycles. The summed E-state index contributed by atoms with van der Waals surface area (Å²) >= 11 is 0. The molecule has 0 aliphatic heterocycles. The largest absolute Gasteiger partial charge is 0.467 e. The predicted octanol–water partition coefficient (Wildman–Crippen LogP) is 1.57. The summed E-state index contributed by atoms with van der Waals surface area (Å²) < 4.78 is 43.2. The molecule has 9 heteroatoms. The highest BCUT2D eigenvalue weighted by Crippen LogP contribution is 2.27. The van der Waals surface area contributed by atoms with Crippen LogP contribution in [0.3, 0.4) is 0 Å². The molecule has 1 atom stereocenters. The number of pyridine rings is 1. The Labute approximate surface area is 136 Å². The molecule has 1 heterocycles. The third kappa shape index (κ3) is 5.71. The highest BCUT2D eigenvalue weighted by molar-refractivity contribution is 5.84. The molecule has 0 bridgehead atoms. The summed E-state index contributed by atoms with van der Waals surface area (Å²) in [5.74, 6) is -1.34. The molecule has 0 saturated heterocycles. The van der Waals surface area contributed by atoms with Crippen molar-refractivity contribution in [3.63, 3.8) is 0 Å². The second-order valence-corrected chi connectivity index (χ2v) is 5.65. The molecule has 0 fully saturated rings. The van der Waals surface area contributed by atoms with Gasteiger partial charge in [-0.2, -0.15) is 13.2 Å². The number of nitrogens with one attached hydrogen (secondary N) is 1. The number of carbonyl (C=O) groups excluding carboxylic acids is 2. The Kier molecular flexibility index (Phi) is 6.56. The number of carbonyl (C=O) groups is 2. The summed E-state index contributed by atoms with van der Waals surface area (Å²) in [4.78, 5) is 35.2. The maximum Gasteiger partial charge on any atom is 0.417 e. The minimum Gasteiger partial charge on any atom is -0.467 e. The van der Waals surface area contributed by atoms with Gasteiger partial charge in [-0.3, -0.25) is 9.59 Å². The lowest BCUT2D eigenvalue weighted by atomic mass is 10.0. The zero-order valence-corrected chi connectivity index (χ0v) is 13.5. The fourth-order valence-electron chi connectivity index (χ4n) is 2.05. The molecule has 134 valence electrons. The zero-order chi connectivity index (χ0) is 18.5. The average molecular weight is 348 g/mol. The van der Waals surface area contributed by atoms with Gasteiger partial charge >= 0.3 is 12.1 Å². The Balaban J connectivity index is 2.90. The number of hydrogen-bond donors (Lipinski definition) is 1. The molecule has 0 spiro atoms. The van der Waals surface area contributed by atoms with Crippen LogP contribution in [0, 0.1) is 5.92 Å². The summed E-state index contributed by atoms with van der Waals surface area (Å²) in [6.45, 7) is 3.03. The molecule has 1 aromatic rings. The van der Waals surface area contributed by atoms with E-state index in [0.717, 1.165) is 6.07 Å². The lowest BCUT2D eigenvalue weighted by Gasteiger charge is -2.18. The molecular formula is C15H19F3N2O4. The predicted molar refractivity (Wildman–Crippen MR) is 79.1 cm³/mol. The second-order valence-electron chi connectivity index (χ2n) is 5.65. The van der Waals surface area contributed by atoms with Crippen LogP contribution in [0.25, 0.3) is 0 Å². The van der Waals surface area contributed by atoms with Crippen LogP contribution in [0.2, 0.25) is 0 Å². The molecule has 1 N–H and O–H groups in total. The monoisotopic (exact) mass is 348 g/mol. The third-order valence-electron chi connectivity index (χ3n) is 3.15. The van der Waals surface area contributed by atoms with Crippen molar-refractivity contribution in [2.24, 2.45) is 5.92 Å². The Bertz CT molecular complexity index is 653. The van der Waals surface area contributed by atoms with Gasteiger partial charge in [-0.1, -0.05) is 13.8 Å². The number of rotatable bonds is 6. The maximum atomic E-state index is 12.7. The number of nitrogens with zero attached hydrogens (tertiary/aromatic N) is 1. The normalized spacial score (nSPS) is 12.8. The van der Waals surface area contributed by atoms with Gasteiger partial charge in [0.15, 0.2) is 0 Å². The molecule has 1 unspecified atom stereocenters. The van der Waals surface area contributed by atoms with Gasteiger partial charge in [0.05, 0.1) is 12.7 Å². The van der Waals surface area contributed by atoms with Crippen molar-refractivity contribution in [2.45, 2.75) is 39.0 Å². The highest BCUT2D eigenvalue weighted by Gasteiger charge is 2.31. The Morgan fingerprint density at radius 1 is 1.29 bits per heavy atom. The number of halogens is 3. The van der Waals surface area contributed by atoms with Crippen LogP contribution in [0.15, 0.2) is 23.1 Å². The van der Waals surface area contributed by atoms with E-state index >= 15 is 0 Å². The first-order chi connectivity index (χ1) is 11.0. The number of aromatic nitrogens is 1. The van der Waals surface area contributed by atoms with Crippen molar-refractivity contribution in [2.75, 3.05) is 7.11 Å². The first kappa shape index (κ1) is 19.7. The first-order valence-electron chi connectivity index (χ1n) is 7.19. The fraction of sp³-hybridized carbons (Fsp3) is 0.533. The standard InChI is InChI=1S/C15H19F3N2O4/c1-9(2)6-11(14(23)24-3)19-12(21)8-20-7-10(15(16,17)18)4-5-13(20)22/h4-5,7,9,11H,6,8H2,1-3H3,(H,19,21). The maximum absolute atomic E-state index is 12.7. The minimum absolute atomic E-state index is 0.0747. The quantitative estimate of drug-likeness (QED) is 0.792. The van der Waals surface area contributed by atoms with Crippen LogP contribution in [-0.2, 0) is 27.0 Å². The number of hydrogen-bond acceptors (Lipinski definition) is 4. The number of alkyl halides is 3. The fourth-order valence-corrected chi connectivity index (χ4v) is 2.05. The topological polar surface area (TPSA) is 77.4 Å². The van der Waals surface area contributed by atoms with Crippen LogP contribution in [0.4, 0.5) is 13.2 Å². The van der Waals surface area contributed by atoms with Gasteiger partial charge in [0, 0.05) is 12.3 Å². The SMILES string of the molecule is COC(=O)C(CC(C)C)NC(=O)Cn1cc(C(F)(F)F)ccc1=O. The summed E-state index contributed by atoms with van der Waals surface area (Å²) in [5.41, 5.74) is -1.79. The summed E-state index contributed by atoms with van der Waals surface area (Å²) in [6.07, 6.45) is -3.76. The average Bonchev–Trinajstić information content (AvgIpc) is 2.46. The van der Waals surface area contributed by atoms with E-state index in [1.165, 1.54) is 7.11 Å². The molecule has 24 heavy (non-hydrogen) atoms. The second kappa shape index (κ2) is 7.98. The lowest BCUT2D eigenvalue weighted by molar-refractivity contribution is -0.145. The van der Waals surface area contributed by atoms with Crippen molar-refractivity contribution in [3.8, 4) is 0 Å². The van der Waals surface area contributed by atoms with Gasteiger partial charge < -0.3 is 14.6 Å². The molecule has 1 amide bonds. The van der Waals surface area contributed by atoms with E-state index in [9.17, 15) is 27.6 Å². The van der Waals surface area contributed by atoms with E-state index in [0.29, 0.717) is 23.3 Å². The molecule has 0 aliphatic rings. The van der Waals surface area contributed by atoms with Crippen molar-refractivity contribution in [3.05, 3.63) is 34.2 Å². The molecule has 0 aromatic carbocycles. The van der Waals surface area contributed by atoms with E-state index in [1.807, 2.05) is 13.8 Å².